The van der Waals surface area contributed by atoms with Crippen LogP contribution in [0.3, 0.4) is 0 Å². The van der Waals surface area contributed by atoms with Crippen LogP contribution in [0.2, 0.25) is 0 Å². The van der Waals surface area contributed by atoms with Crippen LogP contribution in [0.1, 0.15) is 49.0 Å². The van der Waals surface area contributed by atoms with E-state index in [-0.39, 0.29) is 23.8 Å². The van der Waals surface area contributed by atoms with E-state index in [0.717, 1.165) is 12.0 Å². The predicted molar refractivity (Wildman–Crippen MR) is 74.5 cm³/mol. The zero-order valence-corrected chi connectivity index (χ0v) is 12.3. The highest BCUT2D eigenvalue weighted by Crippen LogP contribution is 2.48. The first-order valence-electron chi connectivity index (χ1n) is 6.73. The zero-order valence-electron chi connectivity index (χ0n) is 12.3. The fourth-order valence-electron chi connectivity index (χ4n) is 2.22. The summed E-state index contributed by atoms with van der Waals surface area (Å²) in [6.07, 6.45) is 0.777. The predicted octanol–water partition coefficient (Wildman–Crippen LogP) is 2.92. The van der Waals surface area contributed by atoms with Crippen LogP contribution in [-0.2, 0) is 14.3 Å². The van der Waals surface area contributed by atoms with Gasteiger partial charge in [-0.05, 0) is 50.8 Å². The van der Waals surface area contributed by atoms with Crippen LogP contribution in [0.25, 0.3) is 0 Å². The third kappa shape index (κ3) is 3.38. The summed E-state index contributed by atoms with van der Waals surface area (Å²) in [5.41, 5.74) is 1.04. The Morgan fingerprint density at radius 1 is 1.25 bits per heavy atom. The molecule has 20 heavy (non-hydrogen) atoms. The number of rotatable bonds is 3. The number of esters is 2. The van der Waals surface area contributed by atoms with Gasteiger partial charge in [0.1, 0.15) is 5.60 Å². The summed E-state index contributed by atoms with van der Waals surface area (Å²) in [5, 5.41) is 0. The van der Waals surface area contributed by atoms with Gasteiger partial charge in [-0.1, -0.05) is 12.1 Å². The van der Waals surface area contributed by atoms with Gasteiger partial charge >= 0.3 is 11.9 Å². The molecule has 2 unspecified atom stereocenters. The lowest BCUT2D eigenvalue weighted by atomic mass is 10.1. The highest BCUT2D eigenvalue weighted by atomic mass is 16.6. The van der Waals surface area contributed by atoms with Gasteiger partial charge in [0, 0.05) is 0 Å². The summed E-state index contributed by atoms with van der Waals surface area (Å²) in [7, 11) is 1.36. The molecule has 2 atom stereocenters. The molecule has 0 radical (unpaired) electrons. The minimum absolute atomic E-state index is 0.0953. The Bertz CT molecular complexity index is 528. The second kappa shape index (κ2) is 5.27. The van der Waals surface area contributed by atoms with E-state index in [4.69, 9.17) is 9.47 Å². The van der Waals surface area contributed by atoms with Gasteiger partial charge in [0.2, 0.25) is 0 Å². The van der Waals surface area contributed by atoms with Gasteiger partial charge in [-0.3, -0.25) is 4.79 Å². The molecule has 4 heteroatoms. The van der Waals surface area contributed by atoms with Gasteiger partial charge in [-0.2, -0.15) is 0 Å². The molecular weight excluding hydrogens is 256 g/mol. The SMILES string of the molecule is COC(=O)c1cccc(C2CC2C(=O)OC(C)(C)C)c1. The second-order valence-electron chi connectivity index (χ2n) is 6.10. The van der Waals surface area contributed by atoms with E-state index in [1.807, 2.05) is 32.9 Å². The van der Waals surface area contributed by atoms with E-state index in [9.17, 15) is 9.59 Å². The lowest BCUT2D eigenvalue weighted by Gasteiger charge is -2.19. The van der Waals surface area contributed by atoms with Crippen molar-refractivity contribution in [3.8, 4) is 0 Å². The van der Waals surface area contributed by atoms with Crippen molar-refractivity contribution in [1.82, 2.24) is 0 Å². The van der Waals surface area contributed by atoms with Gasteiger partial charge in [0.15, 0.2) is 0 Å². The fourth-order valence-corrected chi connectivity index (χ4v) is 2.22. The van der Waals surface area contributed by atoms with Crippen molar-refractivity contribution in [3.05, 3.63) is 35.4 Å². The van der Waals surface area contributed by atoms with Crippen LogP contribution in [0.15, 0.2) is 24.3 Å². The molecule has 0 N–H and O–H groups in total. The molecule has 0 spiro atoms. The van der Waals surface area contributed by atoms with E-state index < -0.39 is 5.60 Å². The van der Waals surface area contributed by atoms with Crippen molar-refractivity contribution in [2.45, 2.75) is 38.7 Å². The molecule has 1 aromatic carbocycles. The number of methoxy groups -OCH3 is 1. The van der Waals surface area contributed by atoms with Crippen molar-refractivity contribution in [2.75, 3.05) is 7.11 Å². The van der Waals surface area contributed by atoms with E-state index in [1.54, 1.807) is 12.1 Å². The lowest BCUT2D eigenvalue weighted by molar-refractivity contribution is -0.156. The highest BCUT2D eigenvalue weighted by molar-refractivity contribution is 5.89. The van der Waals surface area contributed by atoms with Crippen molar-refractivity contribution in [3.63, 3.8) is 0 Å². The number of hydrogen-bond acceptors (Lipinski definition) is 4. The van der Waals surface area contributed by atoms with Gasteiger partial charge in [-0.15, -0.1) is 0 Å². The van der Waals surface area contributed by atoms with Gasteiger partial charge in [-0.25, -0.2) is 4.79 Å². The zero-order chi connectivity index (χ0) is 14.9. The molecule has 1 aliphatic rings. The summed E-state index contributed by atoms with van der Waals surface area (Å²) >= 11 is 0. The van der Waals surface area contributed by atoms with Crippen LogP contribution >= 0.6 is 0 Å². The maximum absolute atomic E-state index is 12.0. The van der Waals surface area contributed by atoms with Crippen LogP contribution in [0.5, 0.6) is 0 Å². The largest absolute Gasteiger partial charge is 0.465 e. The first kappa shape index (κ1) is 14.6. The number of benzene rings is 1. The van der Waals surface area contributed by atoms with Crippen LogP contribution in [0.4, 0.5) is 0 Å². The normalized spacial score (nSPS) is 21.2. The topological polar surface area (TPSA) is 52.6 Å². The van der Waals surface area contributed by atoms with Gasteiger partial charge < -0.3 is 9.47 Å². The van der Waals surface area contributed by atoms with E-state index in [2.05, 4.69) is 0 Å². The summed E-state index contributed by atoms with van der Waals surface area (Å²) in [4.78, 5) is 23.5. The number of hydrogen-bond donors (Lipinski definition) is 0. The summed E-state index contributed by atoms with van der Waals surface area (Å²) in [6.45, 7) is 5.58. The molecule has 0 heterocycles. The van der Waals surface area contributed by atoms with Crippen molar-refractivity contribution >= 4 is 11.9 Å². The summed E-state index contributed by atoms with van der Waals surface area (Å²) in [5.74, 6) is -0.469. The highest BCUT2D eigenvalue weighted by Gasteiger charge is 2.46. The molecule has 0 bridgehead atoms. The average Bonchev–Trinajstić information content (AvgIpc) is 3.16. The molecule has 0 aliphatic heterocycles. The molecule has 0 saturated heterocycles. The Hall–Kier alpha value is -1.84. The van der Waals surface area contributed by atoms with Gasteiger partial charge in [0.25, 0.3) is 0 Å². The summed E-state index contributed by atoms with van der Waals surface area (Å²) < 4.78 is 10.1. The first-order valence-corrected chi connectivity index (χ1v) is 6.73. The maximum Gasteiger partial charge on any atom is 0.337 e. The van der Waals surface area contributed by atoms with Crippen LogP contribution in [0, 0.1) is 5.92 Å². The Labute approximate surface area is 119 Å². The molecular formula is C16H20O4. The number of ether oxygens (including phenoxy) is 2. The molecule has 1 fully saturated rings. The van der Waals surface area contributed by atoms with Crippen LogP contribution < -0.4 is 0 Å². The smallest absolute Gasteiger partial charge is 0.337 e. The minimum atomic E-state index is -0.460. The van der Waals surface area contributed by atoms with E-state index in [1.165, 1.54) is 7.11 Å². The Morgan fingerprint density at radius 3 is 2.55 bits per heavy atom. The lowest BCUT2D eigenvalue weighted by Crippen LogP contribution is -2.25. The van der Waals surface area contributed by atoms with Crippen molar-refractivity contribution < 1.29 is 19.1 Å². The molecule has 0 amide bonds. The molecule has 2 rings (SSSR count). The molecule has 1 saturated carbocycles. The minimum Gasteiger partial charge on any atom is -0.465 e. The third-order valence-electron chi connectivity index (χ3n) is 3.24. The Balaban J connectivity index is 2.05. The van der Waals surface area contributed by atoms with Crippen molar-refractivity contribution in [2.24, 2.45) is 5.92 Å². The fraction of sp³-hybridized carbons (Fsp3) is 0.500. The van der Waals surface area contributed by atoms with E-state index in [0.29, 0.717) is 5.56 Å². The average molecular weight is 276 g/mol. The standard InChI is InChI=1S/C16H20O4/c1-16(2,3)20-15(18)13-9-12(13)10-6-5-7-11(8-10)14(17)19-4/h5-8,12-13H,9H2,1-4H3. The molecule has 1 aliphatic carbocycles. The van der Waals surface area contributed by atoms with Crippen LogP contribution in [-0.4, -0.2) is 24.6 Å². The Kier molecular flexibility index (Phi) is 3.84. The molecule has 0 aromatic heterocycles. The molecule has 4 nitrogen and oxygen atoms in total. The molecule has 108 valence electrons. The number of carbonyl (C=O) groups excluding carboxylic acids is 2. The number of carbonyl (C=O) groups is 2. The van der Waals surface area contributed by atoms with Crippen molar-refractivity contribution in [1.29, 1.82) is 0 Å². The Morgan fingerprint density at radius 2 is 1.95 bits per heavy atom. The monoisotopic (exact) mass is 276 g/mol. The maximum atomic E-state index is 12.0. The quantitative estimate of drug-likeness (QED) is 0.796. The molecule has 1 aromatic rings. The first-order chi connectivity index (χ1) is 9.31. The van der Waals surface area contributed by atoms with Gasteiger partial charge in [0.05, 0.1) is 18.6 Å². The van der Waals surface area contributed by atoms with E-state index >= 15 is 0 Å². The third-order valence-corrected chi connectivity index (χ3v) is 3.24. The second-order valence-corrected chi connectivity index (χ2v) is 6.10. The summed E-state index contributed by atoms with van der Waals surface area (Å²) in [6, 6.07) is 7.24.